The van der Waals surface area contributed by atoms with Gasteiger partial charge in [0, 0.05) is 11.1 Å². The molecular weight excluding hydrogens is 496 g/mol. The average molecular weight is 525 g/mol. The van der Waals surface area contributed by atoms with Gasteiger partial charge in [-0.25, -0.2) is 0 Å². The first-order valence-corrected chi connectivity index (χ1v) is 13.0. The highest BCUT2D eigenvalue weighted by Gasteiger charge is 2.24. The van der Waals surface area contributed by atoms with E-state index in [0.29, 0.717) is 22.5 Å². The van der Waals surface area contributed by atoms with E-state index in [9.17, 15) is 14.4 Å². The molecule has 40 heavy (non-hydrogen) atoms. The van der Waals surface area contributed by atoms with Gasteiger partial charge in [-0.05, 0) is 42.3 Å². The molecule has 0 bridgehead atoms. The van der Waals surface area contributed by atoms with Crippen molar-refractivity contribution in [2.45, 2.75) is 12.8 Å². The van der Waals surface area contributed by atoms with E-state index >= 15 is 0 Å². The Bertz CT molecular complexity index is 1610. The second kappa shape index (κ2) is 12.0. The van der Waals surface area contributed by atoms with Crippen LogP contribution < -0.4 is 10.6 Å². The first-order chi connectivity index (χ1) is 19.5. The van der Waals surface area contributed by atoms with Gasteiger partial charge in [-0.2, -0.15) is 0 Å². The molecule has 5 rings (SSSR count). The van der Waals surface area contributed by atoms with E-state index in [-0.39, 0.29) is 17.3 Å². The van der Waals surface area contributed by atoms with Crippen LogP contribution in [0.1, 0.15) is 48.9 Å². The number of hydrogen-bond acceptors (Lipinski definition) is 3. The van der Waals surface area contributed by atoms with E-state index < -0.39 is 11.8 Å². The monoisotopic (exact) mass is 524 g/mol. The zero-order chi connectivity index (χ0) is 27.9. The maximum absolute atomic E-state index is 13.7. The maximum atomic E-state index is 13.7. The maximum Gasteiger partial charge on any atom is 0.257 e. The van der Waals surface area contributed by atoms with Crippen LogP contribution in [0.25, 0.3) is 0 Å². The fourth-order valence-corrected chi connectivity index (χ4v) is 4.67. The number of nitrogens with one attached hydrogen (secondary N) is 2. The molecule has 5 aromatic carbocycles. The molecule has 5 nitrogen and oxygen atoms in total. The molecule has 0 aliphatic carbocycles. The van der Waals surface area contributed by atoms with Crippen LogP contribution in [0.5, 0.6) is 0 Å². The Balaban J connectivity index is 1.43. The molecule has 0 heterocycles. The summed E-state index contributed by atoms with van der Waals surface area (Å²) in [6.45, 7) is 1.90. The summed E-state index contributed by atoms with van der Waals surface area (Å²) in [5.74, 6) is -1.44. The van der Waals surface area contributed by atoms with E-state index in [0.717, 1.165) is 16.7 Å². The molecule has 2 amide bonds. The van der Waals surface area contributed by atoms with Crippen molar-refractivity contribution in [3.63, 3.8) is 0 Å². The summed E-state index contributed by atoms with van der Waals surface area (Å²) >= 11 is 0. The lowest BCUT2D eigenvalue weighted by atomic mass is 9.90. The SMILES string of the molecule is Cc1ccc(NC(=O)c2ccccc2NC(=O)C(c2ccccc2)c2ccccc2)c(C(=O)c2ccccc2)c1. The van der Waals surface area contributed by atoms with Crippen molar-refractivity contribution in [1.29, 1.82) is 0 Å². The summed E-state index contributed by atoms with van der Waals surface area (Å²) < 4.78 is 0. The lowest BCUT2D eigenvalue weighted by molar-refractivity contribution is -0.116. The van der Waals surface area contributed by atoms with Crippen molar-refractivity contribution in [2.24, 2.45) is 0 Å². The predicted octanol–water partition coefficient (Wildman–Crippen LogP) is 7.25. The van der Waals surface area contributed by atoms with Crippen molar-refractivity contribution in [1.82, 2.24) is 0 Å². The van der Waals surface area contributed by atoms with E-state index in [2.05, 4.69) is 10.6 Å². The highest BCUT2D eigenvalue weighted by atomic mass is 16.2. The molecule has 0 aliphatic rings. The second-order valence-electron chi connectivity index (χ2n) is 9.49. The fourth-order valence-electron chi connectivity index (χ4n) is 4.67. The third-order valence-electron chi connectivity index (χ3n) is 6.66. The molecule has 5 aromatic rings. The van der Waals surface area contributed by atoms with E-state index in [1.165, 1.54) is 0 Å². The summed E-state index contributed by atoms with van der Waals surface area (Å²) in [5.41, 5.74) is 4.58. The molecule has 0 aromatic heterocycles. The summed E-state index contributed by atoms with van der Waals surface area (Å²) in [6, 6.07) is 40.2. The first kappa shape index (κ1) is 26.3. The number of benzene rings is 5. The number of hydrogen-bond donors (Lipinski definition) is 2. The average Bonchev–Trinajstić information content (AvgIpc) is 2.99. The van der Waals surface area contributed by atoms with Gasteiger partial charge in [0.15, 0.2) is 5.78 Å². The van der Waals surface area contributed by atoms with Crippen LogP contribution in [0, 0.1) is 6.92 Å². The molecule has 0 unspecified atom stereocenters. The molecule has 0 fully saturated rings. The normalized spacial score (nSPS) is 10.7. The van der Waals surface area contributed by atoms with Crippen LogP contribution in [0.3, 0.4) is 0 Å². The van der Waals surface area contributed by atoms with Crippen LogP contribution in [-0.4, -0.2) is 17.6 Å². The zero-order valence-electron chi connectivity index (χ0n) is 22.0. The molecule has 5 heteroatoms. The van der Waals surface area contributed by atoms with Gasteiger partial charge in [-0.3, -0.25) is 14.4 Å². The van der Waals surface area contributed by atoms with Crippen molar-refractivity contribution < 1.29 is 14.4 Å². The largest absolute Gasteiger partial charge is 0.325 e. The second-order valence-corrected chi connectivity index (χ2v) is 9.49. The van der Waals surface area contributed by atoms with Gasteiger partial charge in [-0.1, -0.05) is 115 Å². The molecule has 0 spiro atoms. The number of anilines is 2. The van der Waals surface area contributed by atoms with Gasteiger partial charge in [0.2, 0.25) is 5.91 Å². The molecule has 0 radical (unpaired) electrons. The molecular formula is C35H28N2O3. The molecule has 196 valence electrons. The van der Waals surface area contributed by atoms with Gasteiger partial charge in [0.05, 0.1) is 22.9 Å². The van der Waals surface area contributed by atoms with Crippen molar-refractivity contribution in [3.8, 4) is 0 Å². The number of ketones is 1. The topological polar surface area (TPSA) is 75.3 Å². The molecule has 0 atom stereocenters. The lowest BCUT2D eigenvalue weighted by Gasteiger charge is -2.19. The van der Waals surface area contributed by atoms with Crippen LogP contribution in [0.15, 0.2) is 133 Å². The lowest BCUT2D eigenvalue weighted by Crippen LogP contribution is -2.24. The zero-order valence-corrected chi connectivity index (χ0v) is 22.0. The Morgan fingerprint density at radius 3 is 1.70 bits per heavy atom. The number of amides is 2. The van der Waals surface area contributed by atoms with Gasteiger partial charge in [0.25, 0.3) is 5.91 Å². The number of carbonyl (C=O) groups is 3. The minimum Gasteiger partial charge on any atom is -0.325 e. The van der Waals surface area contributed by atoms with Crippen molar-refractivity contribution in [3.05, 3.63) is 167 Å². The number of para-hydroxylation sites is 1. The van der Waals surface area contributed by atoms with Crippen molar-refractivity contribution >= 4 is 29.0 Å². The molecule has 0 saturated carbocycles. The highest BCUT2D eigenvalue weighted by molar-refractivity contribution is 6.17. The van der Waals surface area contributed by atoms with Crippen LogP contribution in [0.2, 0.25) is 0 Å². The van der Waals surface area contributed by atoms with Crippen LogP contribution in [0.4, 0.5) is 11.4 Å². The molecule has 0 saturated heterocycles. The van der Waals surface area contributed by atoms with Crippen molar-refractivity contribution in [2.75, 3.05) is 10.6 Å². The van der Waals surface area contributed by atoms with Gasteiger partial charge >= 0.3 is 0 Å². The molecule has 0 aliphatic heterocycles. The smallest absolute Gasteiger partial charge is 0.257 e. The number of rotatable bonds is 8. The van der Waals surface area contributed by atoms with Gasteiger partial charge in [-0.15, -0.1) is 0 Å². The standard InChI is InChI=1S/C35H28N2O3/c1-24-21-22-31(29(23-24)33(38)27-17-9-4-10-18-27)36-34(39)28-19-11-12-20-30(28)37-35(40)32(25-13-5-2-6-14-25)26-15-7-3-8-16-26/h2-23,32H,1H3,(H,36,39)(H,37,40). The van der Waals surface area contributed by atoms with Crippen LogP contribution >= 0.6 is 0 Å². The first-order valence-electron chi connectivity index (χ1n) is 13.0. The fraction of sp³-hybridized carbons (Fsp3) is 0.0571. The minimum atomic E-state index is -0.564. The molecule has 2 N–H and O–H groups in total. The quantitative estimate of drug-likeness (QED) is 0.210. The Morgan fingerprint density at radius 1 is 0.550 bits per heavy atom. The van der Waals surface area contributed by atoms with E-state index in [4.69, 9.17) is 0 Å². The van der Waals surface area contributed by atoms with Crippen LogP contribution in [-0.2, 0) is 4.79 Å². The van der Waals surface area contributed by atoms with E-state index in [1.54, 1.807) is 60.7 Å². The van der Waals surface area contributed by atoms with Gasteiger partial charge < -0.3 is 10.6 Å². The Kier molecular flexibility index (Phi) is 7.93. The Labute approximate surface area is 233 Å². The highest BCUT2D eigenvalue weighted by Crippen LogP contribution is 2.28. The third kappa shape index (κ3) is 5.89. The third-order valence-corrected chi connectivity index (χ3v) is 6.66. The van der Waals surface area contributed by atoms with Gasteiger partial charge in [0.1, 0.15) is 0 Å². The summed E-state index contributed by atoms with van der Waals surface area (Å²) in [6.07, 6.45) is 0. The summed E-state index contributed by atoms with van der Waals surface area (Å²) in [4.78, 5) is 40.5. The minimum absolute atomic E-state index is 0.185. The summed E-state index contributed by atoms with van der Waals surface area (Å²) in [7, 11) is 0. The number of aryl methyl sites for hydroxylation is 1. The predicted molar refractivity (Wildman–Crippen MR) is 159 cm³/mol. The Morgan fingerprint density at radius 2 is 1.07 bits per heavy atom. The Hall–Kier alpha value is -5.29. The van der Waals surface area contributed by atoms with E-state index in [1.807, 2.05) is 79.7 Å². The number of carbonyl (C=O) groups excluding carboxylic acids is 3. The summed E-state index contributed by atoms with van der Waals surface area (Å²) in [5, 5.41) is 5.88.